The predicted octanol–water partition coefficient (Wildman–Crippen LogP) is 3.12. The number of nitrogens with zero attached hydrogens (tertiary/aromatic N) is 2. The second-order valence-corrected chi connectivity index (χ2v) is 8.22. The standard InChI is InChI=1S/C21H29N3O3S/c1-4-6-17-18(21(26)27-3)15(2)22-19(17)20(25)24-12-10-23(11-13-24)9-8-16-7-5-14-28-16/h5,7,14,22H,4,6,8-13H2,1-3H3. The summed E-state index contributed by atoms with van der Waals surface area (Å²) >= 11 is 1.80. The number of aromatic amines is 1. The Balaban J connectivity index is 1.65. The number of nitrogens with one attached hydrogen (secondary N) is 1. The number of H-pyrrole nitrogens is 1. The first kappa shape index (κ1) is 20.6. The maximum absolute atomic E-state index is 13.1. The number of hydrogen-bond donors (Lipinski definition) is 1. The minimum atomic E-state index is -0.380. The van der Waals surface area contributed by atoms with Gasteiger partial charge in [0.1, 0.15) is 5.69 Å². The molecule has 0 radical (unpaired) electrons. The lowest BCUT2D eigenvalue weighted by molar-refractivity contribution is 0.0599. The van der Waals surface area contributed by atoms with Crippen LogP contribution in [-0.2, 0) is 17.6 Å². The number of hydrogen-bond acceptors (Lipinski definition) is 5. The van der Waals surface area contributed by atoms with Gasteiger partial charge in [0.05, 0.1) is 12.7 Å². The van der Waals surface area contributed by atoms with E-state index in [2.05, 4.69) is 27.4 Å². The lowest BCUT2D eigenvalue weighted by Gasteiger charge is -2.34. The molecule has 1 N–H and O–H groups in total. The molecule has 0 spiro atoms. The molecule has 1 aliphatic rings. The van der Waals surface area contributed by atoms with Crippen LogP contribution in [0, 0.1) is 6.92 Å². The molecule has 1 fully saturated rings. The van der Waals surface area contributed by atoms with Crippen LogP contribution < -0.4 is 0 Å². The summed E-state index contributed by atoms with van der Waals surface area (Å²) in [4.78, 5) is 34.2. The van der Waals surface area contributed by atoms with E-state index < -0.39 is 0 Å². The number of amides is 1. The van der Waals surface area contributed by atoms with Crippen LogP contribution in [0.3, 0.4) is 0 Å². The molecule has 1 saturated heterocycles. The van der Waals surface area contributed by atoms with Gasteiger partial charge in [-0.2, -0.15) is 0 Å². The van der Waals surface area contributed by atoms with E-state index in [0.717, 1.165) is 38.0 Å². The number of ether oxygens (including phenoxy) is 1. The van der Waals surface area contributed by atoms with Crippen molar-refractivity contribution >= 4 is 23.2 Å². The fourth-order valence-electron chi connectivity index (χ4n) is 3.79. The van der Waals surface area contributed by atoms with E-state index in [9.17, 15) is 9.59 Å². The lowest BCUT2D eigenvalue weighted by atomic mass is 10.0. The third-order valence-electron chi connectivity index (χ3n) is 5.31. The summed E-state index contributed by atoms with van der Waals surface area (Å²) in [7, 11) is 1.38. The van der Waals surface area contributed by atoms with Crippen LogP contribution in [0.4, 0.5) is 0 Å². The molecule has 3 rings (SSSR count). The minimum absolute atomic E-state index is 0.0143. The van der Waals surface area contributed by atoms with Crippen molar-refractivity contribution in [2.24, 2.45) is 0 Å². The highest BCUT2D eigenvalue weighted by molar-refractivity contribution is 7.09. The average Bonchev–Trinajstić information content (AvgIpc) is 3.34. The van der Waals surface area contributed by atoms with Gasteiger partial charge in [-0.25, -0.2) is 4.79 Å². The largest absolute Gasteiger partial charge is 0.465 e. The summed E-state index contributed by atoms with van der Waals surface area (Å²) in [6.45, 7) is 8.07. The van der Waals surface area contributed by atoms with Crippen LogP contribution in [0.2, 0.25) is 0 Å². The highest BCUT2D eigenvalue weighted by Gasteiger charge is 2.29. The van der Waals surface area contributed by atoms with Gasteiger partial charge in [-0.1, -0.05) is 19.4 Å². The first-order valence-corrected chi connectivity index (χ1v) is 10.8. The first-order chi connectivity index (χ1) is 13.5. The van der Waals surface area contributed by atoms with Gasteiger partial charge in [0.2, 0.25) is 0 Å². The van der Waals surface area contributed by atoms with Crippen LogP contribution in [0.25, 0.3) is 0 Å². The summed E-state index contributed by atoms with van der Waals surface area (Å²) in [5, 5.41) is 2.11. The minimum Gasteiger partial charge on any atom is -0.465 e. The summed E-state index contributed by atoms with van der Waals surface area (Å²) in [6.07, 6.45) is 2.60. The van der Waals surface area contributed by atoms with E-state index >= 15 is 0 Å². The fourth-order valence-corrected chi connectivity index (χ4v) is 4.49. The molecule has 0 saturated carbocycles. The van der Waals surface area contributed by atoms with Crippen molar-refractivity contribution in [2.75, 3.05) is 39.8 Å². The molecule has 1 amide bonds. The molecular weight excluding hydrogens is 374 g/mol. The van der Waals surface area contributed by atoms with Gasteiger partial charge in [0.25, 0.3) is 5.91 Å². The number of aromatic nitrogens is 1. The average molecular weight is 404 g/mol. The molecule has 0 atom stereocenters. The van der Waals surface area contributed by atoms with E-state index in [0.29, 0.717) is 36.5 Å². The highest BCUT2D eigenvalue weighted by Crippen LogP contribution is 2.23. The molecule has 0 aliphatic carbocycles. The van der Waals surface area contributed by atoms with Crippen molar-refractivity contribution < 1.29 is 14.3 Å². The Morgan fingerprint density at radius 1 is 1.21 bits per heavy atom. The van der Waals surface area contributed by atoms with Crippen molar-refractivity contribution in [3.8, 4) is 0 Å². The highest BCUT2D eigenvalue weighted by atomic mass is 32.1. The number of carbonyl (C=O) groups excluding carboxylic acids is 2. The van der Waals surface area contributed by atoms with Crippen molar-refractivity contribution in [1.29, 1.82) is 0 Å². The van der Waals surface area contributed by atoms with E-state index in [1.165, 1.54) is 12.0 Å². The molecule has 3 heterocycles. The fraction of sp³-hybridized carbons (Fsp3) is 0.524. The summed E-state index contributed by atoms with van der Waals surface area (Å²) in [5.41, 5.74) is 2.55. The van der Waals surface area contributed by atoms with Crippen molar-refractivity contribution in [1.82, 2.24) is 14.8 Å². The van der Waals surface area contributed by atoms with Crippen LogP contribution in [0.15, 0.2) is 17.5 Å². The maximum atomic E-state index is 13.1. The van der Waals surface area contributed by atoms with E-state index in [4.69, 9.17) is 4.74 Å². The number of piperazine rings is 1. The molecule has 2 aromatic heterocycles. The van der Waals surface area contributed by atoms with E-state index in [-0.39, 0.29) is 11.9 Å². The van der Waals surface area contributed by atoms with Gasteiger partial charge >= 0.3 is 5.97 Å². The molecule has 28 heavy (non-hydrogen) atoms. The second kappa shape index (κ2) is 9.39. The van der Waals surface area contributed by atoms with Gasteiger partial charge in [-0.05, 0) is 36.8 Å². The molecular formula is C21H29N3O3S. The predicted molar refractivity (Wildman–Crippen MR) is 111 cm³/mol. The quantitative estimate of drug-likeness (QED) is 0.722. The number of aryl methyl sites for hydroxylation is 1. The van der Waals surface area contributed by atoms with Gasteiger partial charge in [-0.15, -0.1) is 11.3 Å². The molecule has 7 heteroatoms. The van der Waals surface area contributed by atoms with Crippen molar-refractivity contribution in [2.45, 2.75) is 33.1 Å². The van der Waals surface area contributed by atoms with E-state index in [1.807, 2.05) is 18.7 Å². The molecule has 0 unspecified atom stereocenters. The second-order valence-electron chi connectivity index (χ2n) is 7.18. The Morgan fingerprint density at radius 2 is 1.96 bits per heavy atom. The van der Waals surface area contributed by atoms with Gasteiger partial charge in [0, 0.05) is 43.3 Å². The summed E-state index contributed by atoms with van der Waals surface area (Å²) < 4.78 is 4.92. The SMILES string of the molecule is CCCc1c(C(=O)N2CCN(CCc3cccs3)CC2)[nH]c(C)c1C(=O)OC. The smallest absolute Gasteiger partial charge is 0.339 e. The third-order valence-corrected chi connectivity index (χ3v) is 6.24. The van der Waals surface area contributed by atoms with Crippen LogP contribution in [-0.4, -0.2) is 66.5 Å². The van der Waals surface area contributed by atoms with Crippen molar-refractivity contribution in [3.63, 3.8) is 0 Å². The lowest BCUT2D eigenvalue weighted by Crippen LogP contribution is -2.49. The maximum Gasteiger partial charge on any atom is 0.339 e. The summed E-state index contributed by atoms with van der Waals surface area (Å²) in [5.74, 6) is -0.394. The Labute approximate surface area is 170 Å². The number of esters is 1. The zero-order valence-electron chi connectivity index (χ0n) is 16.9. The van der Waals surface area contributed by atoms with Crippen LogP contribution in [0.5, 0.6) is 0 Å². The molecule has 1 aliphatic heterocycles. The zero-order chi connectivity index (χ0) is 20.1. The van der Waals surface area contributed by atoms with E-state index in [1.54, 1.807) is 11.3 Å². The molecule has 0 bridgehead atoms. The topological polar surface area (TPSA) is 65.6 Å². The molecule has 0 aromatic carbocycles. The molecule has 152 valence electrons. The van der Waals surface area contributed by atoms with Gasteiger partial charge in [0.15, 0.2) is 0 Å². The molecule has 6 nitrogen and oxygen atoms in total. The van der Waals surface area contributed by atoms with Crippen LogP contribution >= 0.6 is 11.3 Å². The number of thiophene rings is 1. The Morgan fingerprint density at radius 3 is 2.57 bits per heavy atom. The Kier molecular flexibility index (Phi) is 6.91. The normalized spacial score (nSPS) is 15.0. The number of carbonyl (C=O) groups is 2. The van der Waals surface area contributed by atoms with Crippen LogP contribution in [0.1, 0.15) is 50.3 Å². The summed E-state index contributed by atoms with van der Waals surface area (Å²) in [6, 6.07) is 4.26. The third kappa shape index (κ3) is 4.47. The molecule has 2 aromatic rings. The van der Waals surface area contributed by atoms with Gasteiger partial charge < -0.3 is 14.6 Å². The van der Waals surface area contributed by atoms with Gasteiger partial charge in [-0.3, -0.25) is 9.69 Å². The monoisotopic (exact) mass is 403 g/mol. The Hall–Kier alpha value is -2.12. The number of rotatable bonds is 7. The van der Waals surface area contributed by atoms with Crippen molar-refractivity contribution in [3.05, 3.63) is 44.9 Å². The zero-order valence-corrected chi connectivity index (χ0v) is 17.7. The first-order valence-electron chi connectivity index (χ1n) is 9.88. The number of methoxy groups -OCH3 is 1. The Bertz CT molecular complexity index is 805.